The minimum atomic E-state index is -0.418. The molecule has 2 aromatic carbocycles. The summed E-state index contributed by atoms with van der Waals surface area (Å²) >= 11 is 0. The molecule has 0 heterocycles. The molecule has 4 heteroatoms. The zero-order valence-electron chi connectivity index (χ0n) is 11.3. The van der Waals surface area contributed by atoms with Gasteiger partial charge in [-0.3, -0.25) is 4.79 Å². The minimum absolute atomic E-state index is 0.230. The molecule has 0 saturated carbocycles. The molecule has 1 amide bonds. The molecule has 0 bridgehead atoms. The number of aryl methyl sites for hydroxylation is 1. The Labute approximate surface area is 117 Å². The molecular formula is C16H17FN2O. The van der Waals surface area contributed by atoms with Gasteiger partial charge in [-0.25, -0.2) is 4.39 Å². The SMILES string of the molecule is Cc1cc(C(N)=O)ccc1CNCc1ccc(F)cc1. The van der Waals surface area contributed by atoms with Crippen LogP contribution in [0.1, 0.15) is 27.0 Å². The quantitative estimate of drug-likeness (QED) is 0.878. The molecule has 2 aromatic rings. The zero-order valence-corrected chi connectivity index (χ0v) is 11.3. The first-order valence-electron chi connectivity index (χ1n) is 6.41. The van der Waals surface area contributed by atoms with Gasteiger partial charge in [-0.15, -0.1) is 0 Å². The van der Waals surface area contributed by atoms with Crippen molar-refractivity contribution in [2.24, 2.45) is 5.73 Å². The Morgan fingerprint density at radius 2 is 1.85 bits per heavy atom. The van der Waals surface area contributed by atoms with E-state index in [0.717, 1.165) is 16.7 Å². The molecule has 0 aromatic heterocycles. The number of carbonyl (C=O) groups is 1. The normalized spacial score (nSPS) is 10.5. The number of halogens is 1. The Balaban J connectivity index is 1.94. The van der Waals surface area contributed by atoms with E-state index in [0.29, 0.717) is 18.7 Å². The maximum atomic E-state index is 12.8. The van der Waals surface area contributed by atoms with Crippen LogP contribution in [0.25, 0.3) is 0 Å². The molecule has 3 nitrogen and oxygen atoms in total. The van der Waals surface area contributed by atoms with Crippen LogP contribution < -0.4 is 11.1 Å². The van der Waals surface area contributed by atoms with Crippen LogP contribution in [0.5, 0.6) is 0 Å². The summed E-state index contributed by atoms with van der Waals surface area (Å²) in [5.41, 5.74) is 8.91. The highest BCUT2D eigenvalue weighted by Crippen LogP contribution is 2.11. The van der Waals surface area contributed by atoms with Crippen molar-refractivity contribution in [1.29, 1.82) is 0 Å². The lowest BCUT2D eigenvalue weighted by Crippen LogP contribution is -2.15. The van der Waals surface area contributed by atoms with E-state index in [-0.39, 0.29) is 5.82 Å². The summed E-state index contributed by atoms with van der Waals surface area (Å²) in [6, 6.07) is 11.8. The van der Waals surface area contributed by atoms with Gasteiger partial charge in [0.15, 0.2) is 0 Å². The van der Waals surface area contributed by atoms with E-state index in [2.05, 4.69) is 5.32 Å². The van der Waals surface area contributed by atoms with E-state index < -0.39 is 5.91 Å². The fourth-order valence-electron chi connectivity index (χ4n) is 1.99. The first-order valence-corrected chi connectivity index (χ1v) is 6.41. The minimum Gasteiger partial charge on any atom is -0.366 e. The van der Waals surface area contributed by atoms with Crippen molar-refractivity contribution in [2.45, 2.75) is 20.0 Å². The highest BCUT2D eigenvalue weighted by Gasteiger charge is 2.04. The van der Waals surface area contributed by atoms with Gasteiger partial charge in [0, 0.05) is 18.7 Å². The molecule has 0 atom stereocenters. The van der Waals surface area contributed by atoms with Crippen molar-refractivity contribution in [3.05, 3.63) is 70.5 Å². The van der Waals surface area contributed by atoms with Crippen LogP contribution in [0.4, 0.5) is 4.39 Å². The molecule has 0 saturated heterocycles. The van der Waals surface area contributed by atoms with Gasteiger partial charge in [-0.05, 0) is 47.9 Å². The molecule has 0 aliphatic heterocycles. The summed E-state index contributed by atoms with van der Waals surface area (Å²) in [6.07, 6.45) is 0. The lowest BCUT2D eigenvalue weighted by Gasteiger charge is -2.09. The van der Waals surface area contributed by atoms with Gasteiger partial charge in [-0.2, -0.15) is 0 Å². The first-order chi connectivity index (χ1) is 9.56. The molecule has 3 N–H and O–H groups in total. The van der Waals surface area contributed by atoms with E-state index in [1.165, 1.54) is 12.1 Å². The maximum Gasteiger partial charge on any atom is 0.248 e. The van der Waals surface area contributed by atoms with Crippen LogP contribution in [0.2, 0.25) is 0 Å². The molecule has 0 unspecified atom stereocenters. The van der Waals surface area contributed by atoms with Crippen LogP contribution in [-0.4, -0.2) is 5.91 Å². The summed E-state index contributed by atoms with van der Waals surface area (Å²) in [5, 5.41) is 3.29. The summed E-state index contributed by atoms with van der Waals surface area (Å²) < 4.78 is 12.8. The highest BCUT2D eigenvalue weighted by atomic mass is 19.1. The van der Waals surface area contributed by atoms with Crippen molar-refractivity contribution in [1.82, 2.24) is 5.32 Å². The standard InChI is InChI=1S/C16H17FN2O/c1-11-8-13(16(18)20)4-5-14(11)10-19-9-12-2-6-15(17)7-3-12/h2-8,19H,9-10H2,1H3,(H2,18,20). The molecule has 0 aliphatic carbocycles. The Morgan fingerprint density at radius 3 is 2.45 bits per heavy atom. The van der Waals surface area contributed by atoms with Crippen LogP contribution in [0.15, 0.2) is 42.5 Å². The van der Waals surface area contributed by atoms with Crippen LogP contribution in [0.3, 0.4) is 0 Å². The Hall–Kier alpha value is -2.20. The van der Waals surface area contributed by atoms with E-state index in [1.807, 2.05) is 13.0 Å². The third-order valence-electron chi connectivity index (χ3n) is 3.18. The Morgan fingerprint density at radius 1 is 1.15 bits per heavy atom. The summed E-state index contributed by atoms with van der Waals surface area (Å²) in [7, 11) is 0. The van der Waals surface area contributed by atoms with E-state index >= 15 is 0 Å². The van der Waals surface area contributed by atoms with Gasteiger partial charge in [0.05, 0.1) is 0 Å². The van der Waals surface area contributed by atoms with Crippen LogP contribution >= 0.6 is 0 Å². The number of nitrogens with one attached hydrogen (secondary N) is 1. The molecule has 0 spiro atoms. The number of hydrogen-bond acceptors (Lipinski definition) is 2. The van der Waals surface area contributed by atoms with E-state index in [1.54, 1.807) is 24.3 Å². The van der Waals surface area contributed by atoms with Crippen molar-refractivity contribution in [3.8, 4) is 0 Å². The first kappa shape index (κ1) is 14.2. The predicted molar refractivity (Wildman–Crippen MR) is 76.6 cm³/mol. The second-order valence-corrected chi connectivity index (χ2v) is 4.74. The van der Waals surface area contributed by atoms with Gasteiger partial charge in [0.2, 0.25) is 5.91 Å². The van der Waals surface area contributed by atoms with Crippen LogP contribution in [-0.2, 0) is 13.1 Å². The maximum absolute atomic E-state index is 12.8. The third kappa shape index (κ3) is 3.65. The summed E-state index contributed by atoms with van der Waals surface area (Å²) in [5.74, 6) is -0.648. The van der Waals surface area contributed by atoms with Crippen molar-refractivity contribution >= 4 is 5.91 Å². The number of benzene rings is 2. The zero-order chi connectivity index (χ0) is 14.5. The molecular weight excluding hydrogens is 255 g/mol. The predicted octanol–water partition coefficient (Wildman–Crippen LogP) is 2.52. The number of primary amides is 1. The van der Waals surface area contributed by atoms with Crippen molar-refractivity contribution in [2.75, 3.05) is 0 Å². The number of carbonyl (C=O) groups excluding carboxylic acids is 1. The van der Waals surface area contributed by atoms with Gasteiger partial charge >= 0.3 is 0 Å². The summed E-state index contributed by atoms with van der Waals surface area (Å²) in [6.45, 7) is 3.29. The van der Waals surface area contributed by atoms with Gasteiger partial charge < -0.3 is 11.1 Å². The molecule has 0 radical (unpaired) electrons. The smallest absolute Gasteiger partial charge is 0.248 e. The Kier molecular flexibility index (Phi) is 4.48. The number of amides is 1. The van der Waals surface area contributed by atoms with Crippen LogP contribution in [0, 0.1) is 12.7 Å². The van der Waals surface area contributed by atoms with Gasteiger partial charge in [0.1, 0.15) is 5.82 Å². The van der Waals surface area contributed by atoms with Crippen molar-refractivity contribution < 1.29 is 9.18 Å². The second-order valence-electron chi connectivity index (χ2n) is 4.74. The Bertz CT molecular complexity index is 608. The number of rotatable bonds is 5. The molecule has 0 aliphatic rings. The molecule has 2 rings (SSSR count). The van der Waals surface area contributed by atoms with Gasteiger partial charge in [-0.1, -0.05) is 18.2 Å². The highest BCUT2D eigenvalue weighted by molar-refractivity contribution is 5.93. The topological polar surface area (TPSA) is 55.1 Å². The lowest BCUT2D eigenvalue weighted by atomic mass is 10.0. The van der Waals surface area contributed by atoms with Crippen molar-refractivity contribution in [3.63, 3.8) is 0 Å². The molecule has 104 valence electrons. The largest absolute Gasteiger partial charge is 0.366 e. The summed E-state index contributed by atoms with van der Waals surface area (Å²) in [4.78, 5) is 11.1. The van der Waals surface area contributed by atoms with E-state index in [4.69, 9.17) is 5.73 Å². The molecule has 20 heavy (non-hydrogen) atoms. The second kappa shape index (κ2) is 6.30. The van der Waals surface area contributed by atoms with Gasteiger partial charge in [0.25, 0.3) is 0 Å². The fraction of sp³-hybridized carbons (Fsp3) is 0.188. The monoisotopic (exact) mass is 272 g/mol. The average Bonchev–Trinajstić information content (AvgIpc) is 2.42. The number of nitrogens with two attached hydrogens (primary N) is 1. The average molecular weight is 272 g/mol. The number of hydrogen-bond donors (Lipinski definition) is 2. The van der Waals surface area contributed by atoms with E-state index in [9.17, 15) is 9.18 Å². The molecule has 0 fully saturated rings. The fourth-order valence-corrected chi connectivity index (χ4v) is 1.99. The lowest BCUT2D eigenvalue weighted by molar-refractivity contribution is 0.1000. The third-order valence-corrected chi connectivity index (χ3v) is 3.18.